The number of aliphatic hydroxyl groups is 1. The Morgan fingerprint density at radius 2 is 1.84 bits per heavy atom. The first kappa shape index (κ1) is 14.5. The van der Waals surface area contributed by atoms with Crippen molar-refractivity contribution in [3.8, 4) is 0 Å². The zero-order chi connectivity index (χ0) is 13.5. The van der Waals surface area contributed by atoms with Crippen molar-refractivity contribution in [2.45, 2.75) is 57.2 Å². The number of aryl methyl sites for hydroxylation is 1. The van der Waals surface area contributed by atoms with Crippen molar-refractivity contribution >= 4 is 0 Å². The van der Waals surface area contributed by atoms with E-state index < -0.39 is 0 Å². The minimum Gasteiger partial charge on any atom is -0.390 e. The summed E-state index contributed by atoms with van der Waals surface area (Å²) < 4.78 is 5.59. The second-order valence-corrected chi connectivity index (χ2v) is 5.69. The van der Waals surface area contributed by atoms with Gasteiger partial charge in [0.2, 0.25) is 0 Å². The second kappa shape index (κ2) is 7.66. The molecule has 1 aliphatic rings. The molecule has 19 heavy (non-hydrogen) atoms. The van der Waals surface area contributed by atoms with E-state index in [4.69, 9.17) is 4.74 Å². The summed E-state index contributed by atoms with van der Waals surface area (Å²) in [6.45, 7) is 0. The van der Waals surface area contributed by atoms with Crippen molar-refractivity contribution in [1.29, 1.82) is 0 Å². The standard InChI is InChI=1S/C17H26O2/c1-19-17(15-10-6-3-7-11-15)16(18)13-12-14-8-4-2-5-9-14/h2,4-5,8-9,15-18H,3,6-7,10-13H2,1H3. The molecule has 0 amide bonds. The van der Waals surface area contributed by atoms with Crippen LogP contribution in [0.1, 0.15) is 44.1 Å². The zero-order valence-corrected chi connectivity index (χ0v) is 11.9. The van der Waals surface area contributed by atoms with Gasteiger partial charge in [-0.05, 0) is 37.2 Å². The number of methoxy groups -OCH3 is 1. The van der Waals surface area contributed by atoms with Gasteiger partial charge in [-0.25, -0.2) is 0 Å². The van der Waals surface area contributed by atoms with Crippen LogP contribution in [0.3, 0.4) is 0 Å². The van der Waals surface area contributed by atoms with Crippen molar-refractivity contribution in [3.63, 3.8) is 0 Å². The number of hydrogen-bond donors (Lipinski definition) is 1. The lowest BCUT2D eigenvalue weighted by atomic mass is 9.82. The molecule has 106 valence electrons. The first-order chi connectivity index (χ1) is 9.31. The summed E-state index contributed by atoms with van der Waals surface area (Å²) in [5.41, 5.74) is 1.29. The predicted octanol–water partition coefficient (Wildman–Crippen LogP) is 3.58. The molecule has 0 aromatic heterocycles. The lowest BCUT2D eigenvalue weighted by Gasteiger charge is -2.32. The van der Waals surface area contributed by atoms with E-state index in [2.05, 4.69) is 24.3 Å². The summed E-state index contributed by atoms with van der Waals surface area (Å²) in [6, 6.07) is 10.4. The number of hydrogen-bond acceptors (Lipinski definition) is 2. The van der Waals surface area contributed by atoms with Gasteiger partial charge in [0.25, 0.3) is 0 Å². The Kier molecular flexibility index (Phi) is 5.87. The van der Waals surface area contributed by atoms with Crippen LogP contribution in [-0.2, 0) is 11.2 Å². The molecule has 0 spiro atoms. The van der Waals surface area contributed by atoms with Gasteiger partial charge >= 0.3 is 0 Å². The number of ether oxygens (including phenoxy) is 1. The third-order valence-electron chi connectivity index (χ3n) is 4.34. The van der Waals surface area contributed by atoms with E-state index in [1.54, 1.807) is 7.11 Å². The summed E-state index contributed by atoms with van der Waals surface area (Å²) in [5.74, 6) is 0.546. The Bertz CT molecular complexity index is 344. The van der Waals surface area contributed by atoms with Crippen LogP contribution in [0.15, 0.2) is 30.3 Å². The average Bonchev–Trinajstić information content (AvgIpc) is 2.48. The predicted molar refractivity (Wildman–Crippen MR) is 78.1 cm³/mol. The lowest BCUT2D eigenvalue weighted by Crippen LogP contribution is -2.36. The SMILES string of the molecule is COC(C(O)CCc1ccccc1)C1CCCCC1. The van der Waals surface area contributed by atoms with E-state index in [1.165, 1.54) is 37.7 Å². The van der Waals surface area contributed by atoms with Gasteiger partial charge in [0.15, 0.2) is 0 Å². The monoisotopic (exact) mass is 262 g/mol. The minimum absolute atomic E-state index is 0.0176. The highest BCUT2D eigenvalue weighted by Crippen LogP contribution is 2.30. The molecule has 1 fully saturated rings. The largest absolute Gasteiger partial charge is 0.390 e. The van der Waals surface area contributed by atoms with Crippen molar-refractivity contribution in [2.75, 3.05) is 7.11 Å². The molecular formula is C17H26O2. The van der Waals surface area contributed by atoms with Crippen LogP contribution in [0.25, 0.3) is 0 Å². The van der Waals surface area contributed by atoms with Crippen LogP contribution >= 0.6 is 0 Å². The molecule has 2 rings (SSSR count). The van der Waals surface area contributed by atoms with Gasteiger partial charge in [-0.1, -0.05) is 49.6 Å². The van der Waals surface area contributed by atoms with Gasteiger partial charge in [-0.2, -0.15) is 0 Å². The molecule has 1 N–H and O–H groups in total. The smallest absolute Gasteiger partial charge is 0.0858 e. The molecule has 1 aromatic carbocycles. The normalized spacial score (nSPS) is 20.1. The van der Waals surface area contributed by atoms with Gasteiger partial charge in [0.05, 0.1) is 12.2 Å². The van der Waals surface area contributed by atoms with Crippen LogP contribution in [0.4, 0.5) is 0 Å². The third kappa shape index (κ3) is 4.32. The molecule has 2 unspecified atom stereocenters. The maximum Gasteiger partial charge on any atom is 0.0858 e. The molecule has 1 aromatic rings. The van der Waals surface area contributed by atoms with E-state index in [-0.39, 0.29) is 12.2 Å². The molecule has 1 saturated carbocycles. The summed E-state index contributed by atoms with van der Waals surface area (Å²) in [4.78, 5) is 0. The van der Waals surface area contributed by atoms with Crippen molar-refractivity contribution < 1.29 is 9.84 Å². The average molecular weight is 262 g/mol. The highest BCUT2D eigenvalue weighted by atomic mass is 16.5. The number of aliphatic hydroxyl groups excluding tert-OH is 1. The van der Waals surface area contributed by atoms with Crippen LogP contribution in [0.5, 0.6) is 0 Å². The van der Waals surface area contributed by atoms with Crippen LogP contribution in [-0.4, -0.2) is 24.4 Å². The first-order valence-corrected chi connectivity index (χ1v) is 7.56. The Balaban J connectivity index is 1.84. The highest BCUT2D eigenvalue weighted by molar-refractivity contribution is 5.14. The Morgan fingerprint density at radius 3 is 2.47 bits per heavy atom. The maximum absolute atomic E-state index is 10.4. The second-order valence-electron chi connectivity index (χ2n) is 5.69. The van der Waals surface area contributed by atoms with Gasteiger partial charge < -0.3 is 9.84 Å². The molecule has 0 aliphatic heterocycles. The first-order valence-electron chi connectivity index (χ1n) is 7.56. The minimum atomic E-state index is -0.340. The zero-order valence-electron chi connectivity index (χ0n) is 11.9. The lowest BCUT2D eigenvalue weighted by molar-refractivity contribution is -0.0568. The topological polar surface area (TPSA) is 29.5 Å². The molecule has 1 aliphatic carbocycles. The molecule has 2 heteroatoms. The Hall–Kier alpha value is -0.860. The maximum atomic E-state index is 10.4. The molecule has 0 bridgehead atoms. The van der Waals surface area contributed by atoms with Gasteiger partial charge in [0, 0.05) is 7.11 Å². The summed E-state index contributed by atoms with van der Waals surface area (Å²) in [7, 11) is 1.74. The van der Waals surface area contributed by atoms with Crippen molar-refractivity contribution in [2.24, 2.45) is 5.92 Å². The van der Waals surface area contributed by atoms with Crippen LogP contribution < -0.4 is 0 Å². The van der Waals surface area contributed by atoms with Crippen LogP contribution in [0, 0.1) is 5.92 Å². The molecule has 2 atom stereocenters. The number of rotatable bonds is 6. The van der Waals surface area contributed by atoms with Gasteiger partial charge in [-0.3, -0.25) is 0 Å². The van der Waals surface area contributed by atoms with Crippen LogP contribution in [0.2, 0.25) is 0 Å². The quantitative estimate of drug-likeness (QED) is 0.849. The number of benzene rings is 1. The third-order valence-corrected chi connectivity index (χ3v) is 4.34. The van der Waals surface area contributed by atoms with Gasteiger partial charge in [-0.15, -0.1) is 0 Å². The fourth-order valence-electron chi connectivity index (χ4n) is 3.25. The van der Waals surface area contributed by atoms with Gasteiger partial charge in [0.1, 0.15) is 0 Å². The fraction of sp³-hybridized carbons (Fsp3) is 0.647. The molecule has 2 nitrogen and oxygen atoms in total. The van der Waals surface area contributed by atoms with E-state index in [9.17, 15) is 5.11 Å². The van der Waals surface area contributed by atoms with Crippen molar-refractivity contribution in [3.05, 3.63) is 35.9 Å². The molecular weight excluding hydrogens is 236 g/mol. The summed E-state index contributed by atoms with van der Waals surface area (Å²) in [5, 5.41) is 10.4. The Labute approximate surface area is 116 Å². The van der Waals surface area contributed by atoms with E-state index in [0.29, 0.717) is 5.92 Å². The summed E-state index contributed by atoms with van der Waals surface area (Å²) >= 11 is 0. The van der Waals surface area contributed by atoms with E-state index in [0.717, 1.165) is 12.8 Å². The van der Waals surface area contributed by atoms with E-state index >= 15 is 0 Å². The summed E-state index contributed by atoms with van der Waals surface area (Å²) in [6.07, 6.45) is 7.73. The molecule has 0 radical (unpaired) electrons. The molecule has 0 heterocycles. The Morgan fingerprint density at radius 1 is 1.16 bits per heavy atom. The van der Waals surface area contributed by atoms with E-state index in [1.807, 2.05) is 6.07 Å². The molecule has 0 saturated heterocycles. The van der Waals surface area contributed by atoms with Crippen molar-refractivity contribution in [1.82, 2.24) is 0 Å². The highest BCUT2D eigenvalue weighted by Gasteiger charge is 2.29. The fourth-order valence-corrected chi connectivity index (χ4v) is 3.25.